The van der Waals surface area contributed by atoms with Crippen LogP contribution in [0.4, 0.5) is 0 Å². The molecule has 88 valence electrons. The Morgan fingerprint density at radius 2 is 2.07 bits per heavy atom. The maximum absolute atomic E-state index is 3.70. The van der Waals surface area contributed by atoms with Crippen LogP contribution in [0.1, 0.15) is 20.3 Å². The maximum atomic E-state index is 3.70. The van der Waals surface area contributed by atoms with Crippen molar-refractivity contribution in [1.29, 1.82) is 0 Å². The average molecular weight is 211 g/mol. The van der Waals surface area contributed by atoms with Crippen molar-refractivity contribution in [3.8, 4) is 0 Å². The first-order valence-electron chi connectivity index (χ1n) is 6.31. The molecule has 1 N–H and O–H groups in total. The van der Waals surface area contributed by atoms with Crippen LogP contribution in [0.2, 0.25) is 0 Å². The third-order valence-corrected chi connectivity index (χ3v) is 3.66. The van der Waals surface area contributed by atoms with Gasteiger partial charge < -0.3 is 10.2 Å². The lowest BCUT2D eigenvalue weighted by Crippen LogP contribution is -2.63. The summed E-state index contributed by atoms with van der Waals surface area (Å²) in [5.74, 6) is 0.812. The van der Waals surface area contributed by atoms with Gasteiger partial charge in [0.1, 0.15) is 0 Å². The Kier molecular flexibility index (Phi) is 3.65. The van der Waals surface area contributed by atoms with Gasteiger partial charge in [0, 0.05) is 44.8 Å². The number of piperazine rings is 2. The van der Waals surface area contributed by atoms with Gasteiger partial charge in [-0.15, -0.1) is 0 Å². The molecule has 0 bridgehead atoms. The van der Waals surface area contributed by atoms with Gasteiger partial charge in [-0.3, -0.25) is 4.90 Å². The minimum absolute atomic E-state index is 0.727. The molecule has 2 rings (SSSR count). The zero-order valence-electron chi connectivity index (χ0n) is 10.4. The Balaban J connectivity index is 1.84. The molecule has 0 aromatic heterocycles. The van der Waals surface area contributed by atoms with Gasteiger partial charge in [-0.1, -0.05) is 13.8 Å². The first-order chi connectivity index (χ1) is 7.15. The lowest BCUT2D eigenvalue weighted by Gasteiger charge is -2.46. The third kappa shape index (κ3) is 2.92. The predicted molar refractivity (Wildman–Crippen MR) is 64.1 cm³/mol. The summed E-state index contributed by atoms with van der Waals surface area (Å²) in [6.07, 6.45) is 1.32. The molecular weight excluding hydrogens is 186 g/mol. The lowest BCUT2D eigenvalue weighted by atomic mass is 9.99. The minimum atomic E-state index is 0.727. The highest BCUT2D eigenvalue weighted by atomic mass is 15.3. The van der Waals surface area contributed by atoms with E-state index in [0.717, 1.165) is 18.0 Å². The predicted octanol–water partition coefficient (Wildman–Crippen LogP) is 0.620. The number of nitrogens with zero attached hydrogens (tertiary/aromatic N) is 2. The van der Waals surface area contributed by atoms with Crippen molar-refractivity contribution in [1.82, 2.24) is 15.1 Å². The molecule has 2 atom stereocenters. The molecule has 0 amide bonds. The summed E-state index contributed by atoms with van der Waals surface area (Å²) in [7, 11) is 2.23. The first-order valence-corrected chi connectivity index (χ1v) is 6.31. The first kappa shape index (κ1) is 11.4. The van der Waals surface area contributed by atoms with Gasteiger partial charge >= 0.3 is 0 Å². The molecule has 0 spiro atoms. The Bertz CT molecular complexity index is 205. The summed E-state index contributed by atoms with van der Waals surface area (Å²) in [5.41, 5.74) is 0. The highest BCUT2D eigenvalue weighted by Gasteiger charge is 2.31. The number of rotatable bonds is 2. The molecule has 2 saturated heterocycles. The minimum Gasteiger partial charge on any atom is -0.311 e. The van der Waals surface area contributed by atoms with E-state index in [1.54, 1.807) is 0 Å². The van der Waals surface area contributed by atoms with Gasteiger partial charge in [0.05, 0.1) is 0 Å². The normalized spacial score (nSPS) is 34.4. The van der Waals surface area contributed by atoms with Crippen molar-refractivity contribution in [2.24, 2.45) is 5.92 Å². The summed E-state index contributed by atoms with van der Waals surface area (Å²) in [6.45, 7) is 10.8. The monoisotopic (exact) mass is 211 g/mol. The molecule has 2 aliphatic heterocycles. The number of hydrogen-bond acceptors (Lipinski definition) is 3. The van der Waals surface area contributed by atoms with Crippen LogP contribution in [0.15, 0.2) is 0 Å². The highest BCUT2D eigenvalue weighted by molar-refractivity contribution is 4.90. The topological polar surface area (TPSA) is 18.5 Å². The van der Waals surface area contributed by atoms with E-state index in [-0.39, 0.29) is 0 Å². The van der Waals surface area contributed by atoms with E-state index in [0.29, 0.717) is 0 Å². The molecule has 2 heterocycles. The van der Waals surface area contributed by atoms with Gasteiger partial charge in [-0.2, -0.15) is 0 Å². The van der Waals surface area contributed by atoms with E-state index in [1.165, 1.54) is 39.1 Å². The van der Waals surface area contributed by atoms with Crippen LogP contribution in [-0.4, -0.2) is 61.7 Å². The van der Waals surface area contributed by atoms with Gasteiger partial charge in [-0.05, 0) is 19.4 Å². The molecule has 0 radical (unpaired) electrons. The molecule has 0 aromatic carbocycles. The van der Waals surface area contributed by atoms with Crippen LogP contribution in [0.5, 0.6) is 0 Å². The summed E-state index contributed by atoms with van der Waals surface area (Å²) >= 11 is 0. The van der Waals surface area contributed by atoms with Crippen molar-refractivity contribution in [3.05, 3.63) is 0 Å². The van der Waals surface area contributed by atoms with Gasteiger partial charge in [0.25, 0.3) is 0 Å². The molecule has 3 heteroatoms. The fourth-order valence-electron chi connectivity index (χ4n) is 2.86. The van der Waals surface area contributed by atoms with Crippen LogP contribution in [-0.2, 0) is 0 Å². The van der Waals surface area contributed by atoms with E-state index < -0.39 is 0 Å². The summed E-state index contributed by atoms with van der Waals surface area (Å²) in [4.78, 5) is 5.13. The Morgan fingerprint density at radius 3 is 2.80 bits per heavy atom. The number of fused-ring (bicyclic) bond motifs is 1. The summed E-state index contributed by atoms with van der Waals surface area (Å²) in [6, 6.07) is 1.48. The van der Waals surface area contributed by atoms with E-state index >= 15 is 0 Å². The third-order valence-electron chi connectivity index (χ3n) is 3.66. The van der Waals surface area contributed by atoms with Crippen molar-refractivity contribution in [2.75, 3.05) is 39.8 Å². The summed E-state index contributed by atoms with van der Waals surface area (Å²) in [5, 5.41) is 3.70. The van der Waals surface area contributed by atoms with Crippen molar-refractivity contribution >= 4 is 0 Å². The fourth-order valence-corrected chi connectivity index (χ4v) is 2.86. The van der Waals surface area contributed by atoms with Crippen molar-refractivity contribution in [3.63, 3.8) is 0 Å². The molecule has 2 fully saturated rings. The molecular formula is C12H25N3. The molecule has 3 nitrogen and oxygen atoms in total. The zero-order valence-corrected chi connectivity index (χ0v) is 10.4. The Labute approximate surface area is 93.8 Å². The van der Waals surface area contributed by atoms with Crippen LogP contribution in [0, 0.1) is 5.92 Å². The van der Waals surface area contributed by atoms with Crippen LogP contribution in [0.3, 0.4) is 0 Å². The largest absolute Gasteiger partial charge is 0.311 e. The second-order valence-electron chi connectivity index (χ2n) is 5.65. The van der Waals surface area contributed by atoms with Gasteiger partial charge in [0.15, 0.2) is 0 Å². The van der Waals surface area contributed by atoms with E-state index in [1.807, 2.05) is 0 Å². The van der Waals surface area contributed by atoms with Crippen LogP contribution in [0.25, 0.3) is 0 Å². The Hall–Kier alpha value is -0.120. The Morgan fingerprint density at radius 1 is 1.27 bits per heavy atom. The van der Waals surface area contributed by atoms with E-state index in [9.17, 15) is 0 Å². The SMILES string of the molecule is CC(C)C[C@H]1CN2CCN(C)CC2CN1. The second kappa shape index (κ2) is 4.81. The van der Waals surface area contributed by atoms with E-state index in [2.05, 4.69) is 36.0 Å². The number of likely N-dealkylation sites (N-methyl/N-ethyl adjacent to an activating group) is 1. The quantitative estimate of drug-likeness (QED) is 0.722. The van der Waals surface area contributed by atoms with Crippen molar-refractivity contribution in [2.45, 2.75) is 32.4 Å². The van der Waals surface area contributed by atoms with Gasteiger partial charge in [-0.25, -0.2) is 0 Å². The fraction of sp³-hybridized carbons (Fsp3) is 1.00. The maximum Gasteiger partial charge on any atom is 0.0349 e. The highest BCUT2D eigenvalue weighted by Crippen LogP contribution is 2.16. The summed E-state index contributed by atoms with van der Waals surface area (Å²) < 4.78 is 0. The zero-order chi connectivity index (χ0) is 10.8. The van der Waals surface area contributed by atoms with Crippen LogP contribution >= 0.6 is 0 Å². The number of nitrogens with one attached hydrogen (secondary N) is 1. The molecule has 2 aliphatic rings. The smallest absolute Gasteiger partial charge is 0.0349 e. The second-order valence-corrected chi connectivity index (χ2v) is 5.65. The molecule has 0 saturated carbocycles. The molecule has 0 aromatic rings. The molecule has 1 unspecified atom stereocenters. The van der Waals surface area contributed by atoms with Crippen LogP contribution < -0.4 is 5.32 Å². The lowest BCUT2D eigenvalue weighted by molar-refractivity contribution is 0.0503. The van der Waals surface area contributed by atoms with Gasteiger partial charge in [0.2, 0.25) is 0 Å². The van der Waals surface area contributed by atoms with Crippen molar-refractivity contribution < 1.29 is 0 Å². The molecule has 0 aliphatic carbocycles. The molecule has 15 heavy (non-hydrogen) atoms. The standard InChI is InChI=1S/C12H25N3/c1-10(2)6-11-8-15-5-4-14(3)9-12(15)7-13-11/h10-13H,4-9H2,1-3H3/t11-,12?/m0/s1. The average Bonchev–Trinajstić information content (AvgIpc) is 2.17. The number of hydrogen-bond donors (Lipinski definition) is 1. The van der Waals surface area contributed by atoms with E-state index in [4.69, 9.17) is 0 Å².